The Labute approximate surface area is 127 Å². The summed E-state index contributed by atoms with van der Waals surface area (Å²) >= 11 is 3.56. The second kappa shape index (κ2) is 6.18. The molecule has 2 rings (SSSR count). The first-order valence-electron chi connectivity index (χ1n) is 6.37. The van der Waals surface area contributed by atoms with Crippen molar-refractivity contribution in [3.8, 4) is 11.5 Å². The standard InChI is InChI=1S/C16H18BrNO2/c1-10-6-13(7-11(2)16(10)17)18-9-12-8-14(20-3)4-5-15(12)19/h4-8,18-19H,9H2,1-3H3. The molecule has 0 spiro atoms. The summed E-state index contributed by atoms with van der Waals surface area (Å²) in [5.74, 6) is 1.01. The first kappa shape index (κ1) is 14.7. The van der Waals surface area contributed by atoms with E-state index in [4.69, 9.17) is 4.74 Å². The normalized spacial score (nSPS) is 10.4. The number of halogens is 1. The van der Waals surface area contributed by atoms with Crippen LogP contribution in [0.4, 0.5) is 5.69 Å². The SMILES string of the molecule is COc1ccc(O)c(CNc2cc(C)c(Br)c(C)c2)c1. The lowest BCUT2D eigenvalue weighted by Crippen LogP contribution is -2.01. The van der Waals surface area contributed by atoms with Gasteiger partial charge in [-0.15, -0.1) is 0 Å². The summed E-state index contributed by atoms with van der Waals surface area (Å²) < 4.78 is 6.30. The second-order valence-corrected chi connectivity index (χ2v) is 5.57. The number of ether oxygens (including phenoxy) is 1. The number of aromatic hydroxyl groups is 1. The van der Waals surface area contributed by atoms with Crippen molar-refractivity contribution in [3.05, 3.63) is 51.5 Å². The number of anilines is 1. The Bertz CT molecular complexity index is 603. The average Bonchev–Trinajstić information content (AvgIpc) is 2.43. The third-order valence-corrected chi connectivity index (χ3v) is 4.46. The van der Waals surface area contributed by atoms with E-state index in [9.17, 15) is 5.11 Å². The summed E-state index contributed by atoms with van der Waals surface area (Å²) in [4.78, 5) is 0. The third-order valence-electron chi connectivity index (χ3n) is 3.21. The number of phenols is 1. The summed E-state index contributed by atoms with van der Waals surface area (Å²) in [5.41, 5.74) is 4.21. The van der Waals surface area contributed by atoms with Gasteiger partial charge in [0.15, 0.2) is 0 Å². The maximum Gasteiger partial charge on any atom is 0.120 e. The zero-order valence-corrected chi connectivity index (χ0v) is 13.4. The van der Waals surface area contributed by atoms with Crippen LogP contribution in [0.15, 0.2) is 34.8 Å². The average molecular weight is 336 g/mol. The summed E-state index contributed by atoms with van der Waals surface area (Å²) in [5, 5.41) is 13.2. The Morgan fingerprint density at radius 3 is 2.40 bits per heavy atom. The van der Waals surface area contributed by atoms with Crippen LogP contribution in [-0.2, 0) is 6.54 Å². The van der Waals surface area contributed by atoms with Crippen LogP contribution < -0.4 is 10.1 Å². The maximum atomic E-state index is 9.86. The molecule has 0 aliphatic rings. The molecule has 0 bridgehead atoms. The van der Waals surface area contributed by atoms with Crippen molar-refractivity contribution >= 4 is 21.6 Å². The molecule has 0 atom stereocenters. The zero-order chi connectivity index (χ0) is 14.7. The Hall–Kier alpha value is -1.68. The van der Waals surface area contributed by atoms with Crippen molar-refractivity contribution in [2.75, 3.05) is 12.4 Å². The van der Waals surface area contributed by atoms with E-state index < -0.39 is 0 Å². The predicted octanol–water partition coefficient (Wildman–Crippen LogP) is 4.39. The van der Waals surface area contributed by atoms with E-state index in [2.05, 4.69) is 47.2 Å². The Morgan fingerprint density at radius 1 is 1.15 bits per heavy atom. The molecule has 0 aromatic heterocycles. The van der Waals surface area contributed by atoms with Gasteiger partial charge in [-0.05, 0) is 55.3 Å². The second-order valence-electron chi connectivity index (χ2n) is 4.77. The van der Waals surface area contributed by atoms with Crippen LogP contribution in [-0.4, -0.2) is 12.2 Å². The highest BCUT2D eigenvalue weighted by molar-refractivity contribution is 9.10. The van der Waals surface area contributed by atoms with Gasteiger partial charge in [-0.1, -0.05) is 15.9 Å². The fourth-order valence-corrected chi connectivity index (χ4v) is 2.30. The van der Waals surface area contributed by atoms with Crippen molar-refractivity contribution < 1.29 is 9.84 Å². The van der Waals surface area contributed by atoms with Crippen molar-refractivity contribution in [2.45, 2.75) is 20.4 Å². The lowest BCUT2D eigenvalue weighted by Gasteiger charge is -2.12. The molecule has 0 radical (unpaired) electrons. The fraction of sp³-hybridized carbons (Fsp3) is 0.250. The minimum atomic E-state index is 0.267. The summed E-state index contributed by atoms with van der Waals surface area (Å²) in [7, 11) is 1.62. The van der Waals surface area contributed by atoms with E-state index >= 15 is 0 Å². The quantitative estimate of drug-likeness (QED) is 0.870. The number of rotatable bonds is 4. The molecule has 0 aliphatic heterocycles. The highest BCUT2D eigenvalue weighted by atomic mass is 79.9. The third kappa shape index (κ3) is 3.25. The van der Waals surface area contributed by atoms with E-state index in [0.29, 0.717) is 6.54 Å². The first-order valence-corrected chi connectivity index (χ1v) is 7.17. The van der Waals surface area contributed by atoms with Gasteiger partial charge in [0.25, 0.3) is 0 Å². The summed E-state index contributed by atoms with van der Waals surface area (Å²) in [6.07, 6.45) is 0. The largest absolute Gasteiger partial charge is 0.508 e. The van der Waals surface area contributed by atoms with E-state index in [1.807, 2.05) is 6.07 Å². The van der Waals surface area contributed by atoms with Crippen molar-refractivity contribution in [2.24, 2.45) is 0 Å². The molecule has 0 unspecified atom stereocenters. The molecular formula is C16H18BrNO2. The molecule has 0 saturated carbocycles. The maximum absolute atomic E-state index is 9.86. The van der Waals surface area contributed by atoms with Crippen LogP contribution in [0, 0.1) is 13.8 Å². The van der Waals surface area contributed by atoms with Crippen molar-refractivity contribution in [1.82, 2.24) is 0 Å². The Morgan fingerprint density at radius 2 is 1.80 bits per heavy atom. The molecule has 2 N–H and O–H groups in total. The molecule has 2 aromatic carbocycles. The highest BCUT2D eigenvalue weighted by Gasteiger charge is 2.05. The van der Waals surface area contributed by atoms with Gasteiger partial charge in [-0.2, -0.15) is 0 Å². The molecule has 2 aromatic rings. The monoisotopic (exact) mass is 335 g/mol. The van der Waals surface area contributed by atoms with Crippen LogP contribution >= 0.6 is 15.9 Å². The van der Waals surface area contributed by atoms with Gasteiger partial charge in [0.1, 0.15) is 11.5 Å². The molecule has 0 saturated heterocycles. The lowest BCUT2D eigenvalue weighted by molar-refractivity contribution is 0.411. The molecule has 0 fully saturated rings. The number of aryl methyl sites for hydroxylation is 2. The number of phenolic OH excluding ortho intramolecular Hbond substituents is 1. The first-order chi connectivity index (χ1) is 9.51. The summed E-state index contributed by atoms with van der Waals surface area (Å²) in [6, 6.07) is 9.38. The zero-order valence-electron chi connectivity index (χ0n) is 11.8. The lowest BCUT2D eigenvalue weighted by atomic mass is 10.1. The van der Waals surface area contributed by atoms with Crippen LogP contribution in [0.2, 0.25) is 0 Å². The molecular weight excluding hydrogens is 318 g/mol. The van der Waals surface area contributed by atoms with Gasteiger partial charge in [0, 0.05) is 22.3 Å². The number of methoxy groups -OCH3 is 1. The molecule has 0 heterocycles. The van der Waals surface area contributed by atoms with E-state index in [1.54, 1.807) is 19.2 Å². The van der Waals surface area contributed by atoms with E-state index in [-0.39, 0.29) is 5.75 Å². The minimum Gasteiger partial charge on any atom is -0.508 e. The molecule has 0 amide bonds. The molecule has 106 valence electrons. The molecule has 0 aliphatic carbocycles. The smallest absolute Gasteiger partial charge is 0.120 e. The van der Waals surface area contributed by atoms with Gasteiger partial charge >= 0.3 is 0 Å². The molecule has 3 nitrogen and oxygen atoms in total. The number of hydrogen-bond donors (Lipinski definition) is 2. The van der Waals surface area contributed by atoms with Gasteiger partial charge in [-0.3, -0.25) is 0 Å². The predicted molar refractivity (Wildman–Crippen MR) is 85.6 cm³/mol. The van der Waals surface area contributed by atoms with E-state index in [1.165, 1.54) is 11.1 Å². The van der Waals surface area contributed by atoms with Gasteiger partial charge in [0.05, 0.1) is 7.11 Å². The van der Waals surface area contributed by atoms with Crippen molar-refractivity contribution in [3.63, 3.8) is 0 Å². The Kier molecular flexibility index (Phi) is 4.55. The van der Waals surface area contributed by atoms with Gasteiger partial charge in [0.2, 0.25) is 0 Å². The Balaban J connectivity index is 2.16. The molecule has 20 heavy (non-hydrogen) atoms. The number of nitrogens with one attached hydrogen (secondary N) is 1. The number of hydrogen-bond acceptors (Lipinski definition) is 3. The number of benzene rings is 2. The van der Waals surface area contributed by atoms with Crippen LogP contribution in [0.3, 0.4) is 0 Å². The van der Waals surface area contributed by atoms with Gasteiger partial charge < -0.3 is 15.2 Å². The topological polar surface area (TPSA) is 41.5 Å². The minimum absolute atomic E-state index is 0.267. The van der Waals surface area contributed by atoms with Crippen LogP contribution in [0.25, 0.3) is 0 Å². The molecule has 4 heteroatoms. The highest BCUT2D eigenvalue weighted by Crippen LogP contribution is 2.27. The fourth-order valence-electron chi connectivity index (χ4n) is 2.08. The van der Waals surface area contributed by atoms with Gasteiger partial charge in [-0.25, -0.2) is 0 Å². The summed E-state index contributed by atoms with van der Waals surface area (Å²) in [6.45, 7) is 4.67. The van der Waals surface area contributed by atoms with E-state index in [0.717, 1.165) is 21.5 Å². The van der Waals surface area contributed by atoms with Crippen LogP contribution in [0.1, 0.15) is 16.7 Å². The van der Waals surface area contributed by atoms with Crippen molar-refractivity contribution in [1.29, 1.82) is 0 Å². The van der Waals surface area contributed by atoms with Crippen LogP contribution in [0.5, 0.6) is 11.5 Å².